The molecule has 0 aliphatic carbocycles. The maximum Gasteiger partial charge on any atom is 0.295 e. The minimum absolute atomic E-state index is 0.0514. The van der Waals surface area contributed by atoms with Crippen LogP contribution in [-0.2, 0) is 14.3 Å². The van der Waals surface area contributed by atoms with E-state index in [0.29, 0.717) is 5.56 Å². The molecule has 1 atom stereocenters. The van der Waals surface area contributed by atoms with Gasteiger partial charge in [0.15, 0.2) is 0 Å². The molecule has 9 nitrogen and oxygen atoms in total. The van der Waals surface area contributed by atoms with Gasteiger partial charge in [-0.3, -0.25) is 19.7 Å². The van der Waals surface area contributed by atoms with Gasteiger partial charge in [-0.1, -0.05) is 24.3 Å². The monoisotopic (exact) mass is 453 g/mol. The van der Waals surface area contributed by atoms with Gasteiger partial charge in [0.05, 0.1) is 29.2 Å². The molecular weight excluding hydrogens is 426 g/mol. The summed E-state index contributed by atoms with van der Waals surface area (Å²) in [5.41, 5.74) is 1.32. The van der Waals surface area contributed by atoms with Gasteiger partial charge in [-0.25, -0.2) is 0 Å². The highest BCUT2D eigenvalue weighted by atomic mass is 16.6. The molecule has 0 radical (unpaired) electrons. The minimum atomic E-state index is -0.851. The van der Waals surface area contributed by atoms with Crippen molar-refractivity contribution in [1.29, 1.82) is 0 Å². The lowest BCUT2D eigenvalue weighted by molar-refractivity contribution is -0.384. The van der Waals surface area contributed by atoms with Crippen LogP contribution >= 0.6 is 0 Å². The second kappa shape index (κ2) is 9.83. The number of nitrogens with zero attached hydrogens (tertiary/aromatic N) is 3. The standard InChI is InChI=1S/C24H27N3O6/c1-15(2)33-13-12-26-21(16-8-10-18(11-9-16)25(3)4)20(23(29)24(26)30)22(28)17-6-5-7-19(14-17)27(31)32/h5-11,14-15,21,28H,12-13H2,1-4H3/b22-20-. The number of nitro groups is 1. The highest BCUT2D eigenvalue weighted by Gasteiger charge is 2.46. The number of aliphatic hydroxyl groups is 1. The summed E-state index contributed by atoms with van der Waals surface area (Å²) in [5.74, 6) is -2.05. The van der Waals surface area contributed by atoms with Crippen LogP contribution in [-0.4, -0.2) is 60.0 Å². The molecule has 2 aromatic rings. The first-order valence-corrected chi connectivity index (χ1v) is 10.5. The molecule has 1 heterocycles. The van der Waals surface area contributed by atoms with Gasteiger partial charge in [0.25, 0.3) is 17.4 Å². The Labute approximate surface area is 192 Å². The highest BCUT2D eigenvalue weighted by Crippen LogP contribution is 2.40. The SMILES string of the molecule is CC(C)OCCN1C(=O)C(=O)/C(=C(\O)c2cccc([N+](=O)[O-])c2)C1c1ccc(N(C)C)cc1. The van der Waals surface area contributed by atoms with Crippen LogP contribution < -0.4 is 4.90 Å². The predicted octanol–water partition coefficient (Wildman–Crippen LogP) is 3.51. The molecule has 1 aliphatic rings. The Balaban J connectivity index is 2.11. The molecule has 0 aromatic heterocycles. The van der Waals surface area contributed by atoms with Gasteiger partial charge in [-0.05, 0) is 31.5 Å². The lowest BCUT2D eigenvalue weighted by Gasteiger charge is -2.26. The highest BCUT2D eigenvalue weighted by molar-refractivity contribution is 6.46. The zero-order chi connectivity index (χ0) is 24.3. The molecule has 1 fully saturated rings. The molecule has 1 amide bonds. The number of carbonyl (C=O) groups excluding carboxylic acids is 2. The van der Waals surface area contributed by atoms with Gasteiger partial charge in [-0.2, -0.15) is 0 Å². The third kappa shape index (κ3) is 5.04. The van der Waals surface area contributed by atoms with Gasteiger partial charge in [0.2, 0.25) is 0 Å². The van der Waals surface area contributed by atoms with Crippen LogP contribution in [0.2, 0.25) is 0 Å². The fourth-order valence-corrected chi connectivity index (χ4v) is 3.72. The summed E-state index contributed by atoms with van der Waals surface area (Å²) in [5, 5.41) is 22.2. The fourth-order valence-electron chi connectivity index (χ4n) is 3.72. The second-order valence-corrected chi connectivity index (χ2v) is 8.21. The molecule has 0 saturated carbocycles. The molecule has 174 valence electrons. The number of hydrogen-bond donors (Lipinski definition) is 1. The zero-order valence-corrected chi connectivity index (χ0v) is 19.0. The van der Waals surface area contributed by atoms with Crippen molar-refractivity contribution in [1.82, 2.24) is 4.90 Å². The molecule has 1 saturated heterocycles. The Kier molecular flexibility index (Phi) is 7.13. The molecule has 0 bridgehead atoms. The quantitative estimate of drug-likeness (QED) is 0.214. The molecule has 2 aromatic carbocycles. The van der Waals surface area contributed by atoms with Crippen LogP contribution in [0.5, 0.6) is 0 Å². The average molecular weight is 453 g/mol. The van der Waals surface area contributed by atoms with Crippen molar-refractivity contribution >= 4 is 28.8 Å². The number of benzene rings is 2. The van der Waals surface area contributed by atoms with E-state index in [0.717, 1.165) is 5.69 Å². The summed E-state index contributed by atoms with van der Waals surface area (Å²) in [6, 6.07) is 11.8. The van der Waals surface area contributed by atoms with E-state index in [-0.39, 0.29) is 36.1 Å². The number of likely N-dealkylation sites (tertiary alicyclic amines) is 1. The number of Topliss-reactive ketones (excluding diaryl/α,β-unsaturated/α-hetero) is 1. The van der Waals surface area contributed by atoms with Crippen molar-refractivity contribution < 1.29 is 24.4 Å². The number of anilines is 1. The zero-order valence-electron chi connectivity index (χ0n) is 19.0. The van der Waals surface area contributed by atoms with Crippen LogP contribution in [0.25, 0.3) is 5.76 Å². The van der Waals surface area contributed by atoms with Gasteiger partial charge in [0.1, 0.15) is 5.76 Å². The van der Waals surface area contributed by atoms with E-state index in [4.69, 9.17) is 4.74 Å². The predicted molar refractivity (Wildman–Crippen MR) is 124 cm³/mol. The smallest absolute Gasteiger partial charge is 0.295 e. The summed E-state index contributed by atoms with van der Waals surface area (Å²) >= 11 is 0. The van der Waals surface area contributed by atoms with E-state index in [2.05, 4.69) is 0 Å². The Bertz CT molecular complexity index is 1090. The van der Waals surface area contributed by atoms with Gasteiger partial charge in [-0.15, -0.1) is 0 Å². The van der Waals surface area contributed by atoms with E-state index < -0.39 is 28.4 Å². The van der Waals surface area contributed by atoms with Crippen molar-refractivity contribution in [2.24, 2.45) is 0 Å². The van der Waals surface area contributed by atoms with Gasteiger partial charge < -0.3 is 19.6 Å². The largest absolute Gasteiger partial charge is 0.507 e. The van der Waals surface area contributed by atoms with Crippen molar-refractivity contribution in [3.05, 3.63) is 75.3 Å². The van der Waals surface area contributed by atoms with Gasteiger partial charge >= 0.3 is 0 Å². The van der Waals surface area contributed by atoms with Crippen molar-refractivity contribution in [2.45, 2.75) is 26.0 Å². The summed E-state index contributed by atoms with van der Waals surface area (Å²) in [7, 11) is 3.79. The second-order valence-electron chi connectivity index (χ2n) is 8.21. The number of hydrogen-bond acceptors (Lipinski definition) is 7. The molecule has 3 rings (SSSR count). The topological polar surface area (TPSA) is 113 Å². The van der Waals surface area contributed by atoms with Crippen LogP contribution in [0.15, 0.2) is 54.1 Å². The first-order chi connectivity index (χ1) is 15.6. The summed E-state index contributed by atoms with van der Waals surface area (Å²) < 4.78 is 5.58. The first-order valence-electron chi connectivity index (χ1n) is 10.5. The van der Waals surface area contributed by atoms with Crippen molar-refractivity contribution in [3.63, 3.8) is 0 Å². The molecular formula is C24H27N3O6. The number of non-ortho nitro benzene ring substituents is 1. The Hall–Kier alpha value is -3.72. The number of carbonyl (C=O) groups is 2. The number of ether oxygens (including phenoxy) is 1. The lowest BCUT2D eigenvalue weighted by Crippen LogP contribution is -2.33. The Morgan fingerprint density at radius 3 is 2.42 bits per heavy atom. The van der Waals surface area contributed by atoms with E-state index >= 15 is 0 Å². The maximum absolute atomic E-state index is 13.0. The Morgan fingerprint density at radius 1 is 1.18 bits per heavy atom. The molecule has 1 aliphatic heterocycles. The normalized spacial score (nSPS) is 17.6. The maximum atomic E-state index is 13.0. The van der Waals surface area contributed by atoms with E-state index in [1.54, 1.807) is 12.1 Å². The van der Waals surface area contributed by atoms with E-state index in [9.17, 15) is 24.8 Å². The average Bonchev–Trinajstić information content (AvgIpc) is 3.03. The molecule has 1 unspecified atom stereocenters. The number of nitro benzene ring substituents is 1. The molecule has 1 N–H and O–H groups in total. The summed E-state index contributed by atoms with van der Waals surface area (Å²) in [4.78, 5) is 39.8. The number of rotatable bonds is 8. The van der Waals surface area contributed by atoms with Crippen molar-refractivity contribution in [2.75, 3.05) is 32.1 Å². The number of ketones is 1. The third-order valence-electron chi connectivity index (χ3n) is 5.38. The number of aliphatic hydroxyl groups excluding tert-OH is 1. The summed E-state index contributed by atoms with van der Waals surface area (Å²) in [6.07, 6.45) is -0.0514. The number of amides is 1. The van der Waals surface area contributed by atoms with Crippen molar-refractivity contribution in [3.8, 4) is 0 Å². The van der Waals surface area contributed by atoms with Gasteiger partial charge in [0, 0.05) is 44.0 Å². The minimum Gasteiger partial charge on any atom is -0.507 e. The van der Waals surface area contributed by atoms with Crippen LogP contribution in [0.3, 0.4) is 0 Å². The fraction of sp³-hybridized carbons (Fsp3) is 0.333. The molecule has 33 heavy (non-hydrogen) atoms. The molecule has 9 heteroatoms. The summed E-state index contributed by atoms with van der Waals surface area (Å²) in [6.45, 7) is 4.10. The van der Waals surface area contributed by atoms with Crippen LogP contribution in [0, 0.1) is 10.1 Å². The molecule has 0 spiro atoms. The third-order valence-corrected chi connectivity index (χ3v) is 5.38. The van der Waals surface area contributed by atoms with E-state index in [1.165, 1.54) is 29.2 Å². The Morgan fingerprint density at radius 2 is 1.85 bits per heavy atom. The first kappa shape index (κ1) is 23.9. The van der Waals surface area contributed by atoms with E-state index in [1.807, 2.05) is 45.0 Å². The van der Waals surface area contributed by atoms with Crippen LogP contribution in [0.4, 0.5) is 11.4 Å². The van der Waals surface area contributed by atoms with Crippen LogP contribution in [0.1, 0.15) is 31.0 Å². The lowest BCUT2D eigenvalue weighted by atomic mass is 9.95.